The van der Waals surface area contributed by atoms with Crippen molar-refractivity contribution in [3.05, 3.63) is 11.6 Å². The standard InChI is InChI=1S/C29H49N3O6/c1-18(2)9-10-22-28(5,38-22)25-24(35-8)21(11-14-29(25)17-36-29)37-27(34)30-23(19(3)4)26(33)32(7)20-12-15-31(6)16-13-20/h9,19-25H,10-17H2,1-8H3,(H,30,34)/t21-,22-,23-,24-,25-,28-,29+/m1/s1. The van der Waals surface area contributed by atoms with Crippen LogP contribution in [-0.4, -0.2) is 104 Å². The summed E-state index contributed by atoms with van der Waals surface area (Å²) in [7, 11) is 5.62. The van der Waals surface area contributed by atoms with Gasteiger partial charge in [0.15, 0.2) is 0 Å². The van der Waals surface area contributed by atoms with Crippen LogP contribution in [-0.2, 0) is 23.7 Å². The molecule has 1 saturated carbocycles. The predicted molar refractivity (Wildman–Crippen MR) is 145 cm³/mol. The Bertz CT molecular complexity index is 893. The topological polar surface area (TPSA) is 96.2 Å². The number of likely N-dealkylation sites (tertiary alicyclic amines) is 1. The van der Waals surface area contributed by atoms with E-state index in [1.807, 2.05) is 25.8 Å². The second-order valence-corrected chi connectivity index (χ2v) is 12.7. The van der Waals surface area contributed by atoms with Crippen LogP contribution in [0.2, 0.25) is 0 Å². The quantitative estimate of drug-likeness (QED) is 0.357. The lowest BCUT2D eigenvalue weighted by atomic mass is 9.68. The summed E-state index contributed by atoms with van der Waals surface area (Å²) in [5, 5.41) is 2.90. The highest BCUT2D eigenvalue weighted by molar-refractivity contribution is 5.86. The SMILES string of the molecule is CO[C@@H]1[C@H](OC(=O)N[C@@H](C(=O)N(C)C2CCN(C)CC2)C(C)C)CC[C@]2(CO2)[C@H]1[C@]1(C)O[C@@H]1CC=C(C)C. The number of piperidine rings is 1. The molecule has 38 heavy (non-hydrogen) atoms. The molecule has 216 valence electrons. The van der Waals surface area contributed by atoms with Gasteiger partial charge < -0.3 is 34.1 Å². The van der Waals surface area contributed by atoms with Gasteiger partial charge in [-0.3, -0.25) is 4.79 Å². The molecule has 4 rings (SSSR count). The minimum atomic E-state index is -0.650. The van der Waals surface area contributed by atoms with Crippen molar-refractivity contribution in [2.45, 2.75) is 108 Å². The minimum Gasteiger partial charge on any atom is -0.443 e. The molecule has 4 fully saturated rings. The zero-order valence-corrected chi connectivity index (χ0v) is 24.6. The van der Waals surface area contributed by atoms with Gasteiger partial charge in [-0.25, -0.2) is 4.79 Å². The summed E-state index contributed by atoms with van der Waals surface area (Å²) in [4.78, 5) is 30.7. The van der Waals surface area contributed by atoms with E-state index in [1.54, 1.807) is 7.11 Å². The number of alkyl carbamates (subject to hydrolysis) is 1. The average Bonchev–Trinajstić information content (AvgIpc) is 3.78. The van der Waals surface area contributed by atoms with Gasteiger partial charge in [0, 0.05) is 20.2 Å². The summed E-state index contributed by atoms with van der Waals surface area (Å²) in [6.07, 6.45) is 5.07. The van der Waals surface area contributed by atoms with Crippen LogP contribution in [0.25, 0.3) is 0 Å². The highest BCUT2D eigenvalue weighted by Crippen LogP contribution is 2.59. The third-order valence-electron chi connectivity index (χ3n) is 9.28. The van der Waals surface area contributed by atoms with Crippen LogP contribution in [0.15, 0.2) is 11.6 Å². The normalized spacial score (nSPS) is 36.0. The number of ether oxygens (including phenoxy) is 4. The fourth-order valence-electron chi connectivity index (χ4n) is 6.66. The molecule has 4 aliphatic rings. The molecule has 0 unspecified atom stereocenters. The van der Waals surface area contributed by atoms with Gasteiger partial charge in [-0.05, 0) is 78.9 Å². The van der Waals surface area contributed by atoms with Gasteiger partial charge in [-0.2, -0.15) is 0 Å². The number of allylic oxidation sites excluding steroid dienone is 1. The van der Waals surface area contributed by atoms with E-state index in [2.05, 4.69) is 44.1 Å². The monoisotopic (exact) mass is 535 g/mol. The van der Waals surface area contributed by atoms with Gasteiger partial charge in [0.1, 0.15) is 29.5 Å². The predicted octanol–water partition coefficient (Wildman–Crippen LogP) is 3.37. The number of hydrogen-bond acceptors (Lipinski definition) is 7. The van der Waals surface area contributed by atoms with E-state index in [9.17, 15) is 9.59 Å². The Morgan fingerprint density at radius 3 is 2.42 bits per heavy atom. The second-order valence-electron chi connectivity index (χ2n) is 12.7. The lowest BCUT2D eigenvalue weighted by Crippen LogP contribution is -2.57. The van der Waals surface area contributed by atoms with Crippen molar-refractivity contribution >= 4 is 12.0 Å². The molecule has 1 N–H and O–H groups in total. The highest BCUT2D eigenvalue weighted by atomic mass is 16.6. The Labute approximate surface area is 228 Å². The van der Waals surface area contributed by atoms with Crippen molar-refractivity contribution in [1.82, 2.24) is 15.1 Å². The number of epoxide rings is 2. The van der Waals surface area contributed by atoms with E-state index in [1.165, 1.54) is 5.57 Å². The Balaban J connectivity index is 1.40. The Morgan fingerprint density at radius 2 is 1.87 bits per heavy atom. The summed E-state index contributed by atoms with van der Waals surface area (Å²) in [5.74, 6) is -0.179. The van der Waals surface area contributed by atoms with Gasteiger partial charge in [0.2, 0.25) is 5.91 Å². The maximum atomic E-state index is 13.4. The molecule has 2 amide bonds. The summed E-state index contributed by atoms with van der Waals surface area (Å²) in [6.45, 7) is 12.8. The first-order chi connectivity index (χ1) is 17.9. The van der Waals surface area contributed by atoms with Crippen LogP contribution in [0.1, 0.15) is 66.7 Å². The molecule has 0 aromatic rings. The van der Waals surface area contributed by atoms with Gasteiger partial charge in [0.05, 0.1) is 18.6 Å². The van der Waals surface area contributed by atoms with Crippen LogP contribution in [0, 0.1) is 11.8 Å². The highest BCUT2D eigenvalue weighted by Gasteiger charge is 2.72. The van der Waals surface area contributed by atoms with Crippen molar-refractivity contribution < 1.29 is 28.5 Å². The third kappa shape index (κ3) is 6.06. The average molecular weight is 536 g/mol. The van der Waals surface area contributed by atoms with Gasteiger partial charge >= 0.3 is 6.09 Å². The van der Waals surface area contributed by atoms with Gasteiger partial charge in [0.25, 0.3) is 0 Å². The maximum absolute atomic E-state index is 13.4. The first-order valence-electron chi connectivity index (χ1n) is 14.3. The van der Waals surface area contributed by atoms with Crippen molar-refractivity contribution in [3.63, 3.8) is 0 Å². The number of carbonyl (C=O) groups excluding carboxylic acids is 2. The fraction of sp³-hybridized carbons (Fsp3) is 0.862. The van der Waals surface area contributed by atoms with Gasteiger partial charge in [-0.1, -0.05) is 25.5 Å². The first kappa shape index (κ1) is 29.3. The molecule has 3 saturated heterocycles. The number of nitrogens with zero attached hydrogens (tertiary/aromatic N) is 2. The zero-order chi connectivity index (χ0) is 27.8. The van der Waals surface area contributed by atoms with Crippen LogP contribution < -0.4 is 5.32 Å². The maximum Gasteiger partial charge on any atom is 0.408 e. The molecule has 0 radical (unpaired) electrons. The minimum absolute atomic E-state index is 0.0415. The lowest BCUT2D eigenvalue weighted by Gasteiger charge is -2.42. The van der Waals surface area contributed by atoms with Crippen LogP contribution in [0.5, 0.6) is 0 Å². The molecular weight excluding hydrogens is 486 g/mol. The van der Waals surface area contributed by atoms with E-state index >= 15 is 0 Å². The smallest absolute Gasteiger partial charge is 0.408 e. The zero-order valence-electron chi connectivity index (χ0n) is 24.6. The molecule has 1 aliphatic carbocycles. The lowest BCUT2D eigenvalue weighted by molar-refractivity contribution is -0.136. The second kappa shape index (κ2) is 11.4. The van der Waals surface area contributed by atoms with E-state index in [0.717, 1.165) is 38.8 Å². The molecule has 1 spiro atoms. The number of methoxy groups -OCH3 is 1. The van der Waals surface area contributed by atoms with Crippen LogP contribution in [0.3, 0.4) is 0 Å². The van der Waals surface area contributed by atoms with Crippen molar-refractivity contribution in [3.8, 4) is 0 Å². The van der Waals surface area contributed by atoms with E-state index in [-0.39, 0.29) is 41.6 Å². The van der Waals surface area contributed by atoms with E-state index in [0.29, 0.717) is 13.0 Å². The molecule has 9 nitrogen and oxygen atoms in total. The van der Waals surface area contributed by atoms with Gasteiger partial charge in [-0.15, -0.1) is 0 Å². The Hall–Kier alpha value is -1.68. The summed E-state index contributed by atoms with van der Waals surface area (Å²) in [6, 6.07) is -0.466. The summed E-state index contributed by atoms with van der Waals surface area (Å²) < 4.78 is 24.3. The third-order valence-corrected chi connectivity index (χ3v) is 9.28. The number of likely N-dealkylation sites (N-methyl/N-ethyl adjacent to an activating group) is 1. The van der Waals surface area contributed by atoms with Crippen LogP contribution >= 0.6 is 0 Å². The Morgan fingerprint density at radius 1 is 1.21 bits per heavy atom. The summed E-state index contributed by atoms with van der Waals surface area (Å²) in [5.41, 5.74) is 0.592. The van der Waals surface area contributed by atoms with Crippen molar-refractivity contribution in [1.29, 1.82) is 0 Å². The number of rotatable bonds is 9. The molecule has 0 aromatic heterocycles. The molecule has 0 aromatic carbocycles. The largest absolute Gasteiger partial charge is 0.443 e. The molecule has 3 aliphatic heterocycles. The first-order valence-corrected chi connectivity index (χ1v) is 14.3. The van der Waals surface area contributed by atoms with Crippen molar-refractivity contribution in [2.75, 3.05) is 40.9 Å². The molecule has 0 bridgehead atoms. The van der Waals surface area contributed by atoms with Crippen LogP contribution in [0.4, 0.5) is 4.79 Å². The fourth-order valence-corrected chi connectivity index (χ4v) is 6.66. The number of nitrogens with one attached hydrogen (secondary N) is 1. The summed E-state index contributed by atoms with van der Waals surface area (Å²) >= 11 is 0. The number of amides is 2. The number of carbonyl (C=O) groups is 2. The van der Waals surface area contributed by atoms with E-state index in [4.69, 9.17) is 18.9 Å². The van der Waals surface area contributed by atoms with E-state index < -0.39 is 23.8 Å². The molecule has 7 atom stereocenters. The Kier molecular flexibility index (Phi) is 8.82. The number of hydrogen-bond donors (Lipinski definition) is 1. The van der Waals surface area contributed by atoms with Crippen molar-refractivity contribution in [2.24, 2.45) is 11.8 Å². The molecule has 3 heterocycles. The molecule has 9 heteroatoms. The molecular formula is C29H49N3O6.